The molecule has 0 fully saturated rings. The van der Waals surface area contributed by atoms with Crippen molar-refractivity contribution in [3.8, 4) is 22.6 Å². The highest BCUT2D eigenvalue weighted by molar-refractivity contribution is 6.99. The van der Waals surface area contributed by atoms with Gasteiger partial charge in [-0.3, -0.25) is 0 Å². The number of benzene rings is 8. The van der Waals surface area contributed by atoms with Crippen molar-refractivity contribution in [2.45, 2.75) is 78.6 Å². The zero-order valence-electron chi connectivity index (χ0n) is 39.0. The first kappa shape index (κ1) is 40.8. The number of nitrogens with zero attached hydrogens (tertiary/aromatic N) is 2. The first-order valence-electron chi connectivity index (χ1n) is 23.0. The van der Waals surface area contributed by atoms with Gasteiger partial charge in [-0.25, -0.2) is 0 Å². The predicted molar refractivity (Wildman–Crippen MR) is 276 cm³/mol. The number of rotatable bonds is 5. The van der Waals surface area contributed by atoms with Gasteiger partial charge in [0, 0.05) is 50.8 Å². The quantitative estimate of drug-likeness (QED) is 0.161. The first-order valence-corrected chi connectivity index (χ1v) is 23.0. The lowest BCUT2D eigenvalue weighted by molar-refractivity contribution is 0.488. The summed E-state index contributed by atoms with van der Waals surface area (Å²) in [5.41, 5.74) is 18.2. The van der Waals surface area contributed by atoms with E-state index in [4.69, 9.17) is 9.15 Å². The molecule has 0 atom stereocenters. The molecule has 0 aliphatic carbocycles. The van der Waals surface area contributed by atoms with Gasteiger partial charge in [0.2, 0.25) is 0 Å². The Morgan fingerprint density at radius 3 is 1.68 bits per heavy atom. The van der Waals surface area contributed by atoms with Crippen LogP contribution in [-0.2, 0) is 16.2 Å². The molecule has 11 rings (SSSR count). The fourth-order valence-electron chi connectivity index (χ4n) is 9.99. The van der Waals surface area contributed by atoms with E-state index in [0.717, 1.165) is 67.3 Å². The summed E-state index contributed by atoms with van der Waals surface area (Å²) in [4.78, 5) is 4.77. The molecule has 0 saturated carbocycles. The standard InChI is InChI=1S/C60H55BN2O2/c1-58(2,3)39-25-23-38(24-26-39)46-33-40(59(4,5)6)27-31-50(46)63-51-32-28-41(60(7,8)9)34-48(51)61-49-37-55-47(36-56(49)64-53-22-16-21-52(63)57(53)61)45-30-29-44(35-54(45)65-55)62(42-17-12-10-13-18-42)43-19-14-11-15-20-43/h10-37H,1-9H3. The fraction of sp³-hybridized carbons (Fsp3) is 0.200. The summed E-state index contributed by atoms with van der Waals surface area (Å²) in [6.07, 6.45) is 0. The van der Waals surface area contributed by atoms with Gasteiger partial charge < -0.3 is 19.0 Å². The molecular weight excluding hydrogens is 791 g/mol. The van der Waals surface area contributed by atoms with Gasteiger partial charge in [0.25, 0.3) is 6.71 Å². The van der Waals surface area contributed by atoms with Crippen molar-refractivity contribution in [3.05, 3.63) is 187 Å². The summed E-state index contributed by atoms with van der Waals surface area (Å²) in [5.74, 6) is 1.75. The average Bonchev–Trinajstić information content (AvgIpc) is 3.64. The van der Waals surface area contributed by atoms with E-state index in [2.05, 4.69) is 242 Å². The third-order valence-corrected chi connectivity index (χ3v) is 13.6. The monoisotopic (exact) mass is 846 g/mol. The third kappa shape index (κ3) is 6.91. The number of para-hydroxylation sites is 2. The molecule has 0 bridgehead atoms. The van der Waals surface area contributed by atoms with Crippen molar-refractivity contribution in [2.75, 3.05) is 9.80 Å². The predicted octanol–water partition coefficient (Wildman–Crippen LogP) is 15.0. The molecule has 0 N–H and O–H groups in total. The van der Waals surface area contributed by atoms with Crippen molar-refractivity contribution in [1.29, 1.82) is 0 Å². The maximum absolute atomic E-state index is 7.07. The van der Waals surface area contributed by atoms with Gasteiger partial charge >= 0.3 is 0 Å². The van der Waals surface area contributed by atoms with Crippen LogP contribution >= 0.6 is 0 Å². The largest absolute Gasteiger partial charge is 0.458 e. The lowest BCUT2D eigenvalue weighted by Gasteiger charge is -2.41. The normalized spacial score (nSPS) is 13.4. The molecule has 320 valence electrons. The zero-order valence-corrected chi connectivity index (χ0v) is 39.0. The summed E-state index contributed by atoms with van der Waals surface area (Å²) in [6, 6.07) is 62.1. The summed E-state index contributed by atoms with van der Waals surface area (Å²) in [7, 11) is 0. The highest BCUT2D eigenvalue weighted by atomic mass is 16.5. The molecule has 5 heteroatoms. The van der Waals surface area contributed by atoms with E-state index in [1.54, 1.807) is 0 Å². The summed E-state index contributed by atoms with van der Waals surface area (Å²) < 4.78 is 14.0. The van der Waals surface area contributed by atoms with Crippen LogP contribution in [0, 0.1) is 0 Å². The number of hydrogen-bond donors (Lipinski definition) is 0. The number of ether oxygens (including phenoxy) is 1. The second kappa shape index (κ2) is 14.8. The van der Waals surface area contributed by atoms with Gasteiger partial charge in [0.15, 0.2) is 0 Å². The van der Waals surface area contributed by atoms with E-state index in [-0.39, 0.29) is 23.0 Å². The molecule has 1 aromatic heterocycles. The van der Waals surface area contributed by atoms with Crippen molar-refractivity contribution < 1.29 is 9.15 Å². The Labute approximate surface area is 384 Å². The lowest BCUT2D eigenvalue weighted by atomic mass is 9.34. The average molecular weight is 847 g/mol. The van der Waals surface area contributed by atoms with Gasteiger partial charge in [-0.05, 0) is 134 Å². The molecule has 4 nitrogen and oxygen atoms in total. The van der Waals surface area contributed by atoms with E-state index in [0.29, 0.717) is 0 Å². The molecule has 3 heterocycles. The van der Waals surface area contributed by atoms with E-state index < -0.39 is 0 Å². The highest BCUT2D eigenvalue weighted by Gasteiger charge is 2.43. The molecule has 9 aromatic rings. The number of anilines is 6. The third-order valence-electron chi connectivity index (χ3n) is 13.6. The zero-order chi connectivity index (χ0) is 45.0. The van der Waals surface area contributed by atoms with Crippen LogP contribution in [0.5, 0.6) is 11.5 Å². The SMILES string of the molecule is CC(C)(C)c1ccc(-c2cc(C(C)(C)C)ccc2N2c3ccc(C(C)(C)C)cc3B3c4cc5oc6cc(N(c7ccccc7)c7ccccc7)ccc6c5cc4Oc4cccc2c43)cc1. The van der Waals surface area contributed by atoms with Gasteiger partial charge in [0.1, 0.15) is 22.7 Å². The van der Waals surface area contributed by atoms with Crippen LogP contribution in [0.1, 0.15) is 79.0 Å². The Morgan fingerprint density at radius 1 is 0.431 bits per heavy atom. The highest BCUT2D eigenvalue weighted by Crippen LogP contribution is 2.47. The Morgan fingerprint density at radius 2 is 1.03 bits per heavy atom. The Balaban J connectivity index is 1.10. The minimum Gasteiger partial charge on any atom is -0.458 e. The van der Waals surface area contributed by atoms with Crippen LogP contribution in [-0.4, -0.2) is 6.71 Å². The van der Waals surface area contributed by atoms with Crippen LogP contribution in [0.4, 0.5) is 34.1 Å². The molecule has 2 aliphatic heterocycles. The van der Waals surface area contributed by atoms with Crippen LogP contribution in [0.25, 0.3) is 33.1 Å². The topological polar surface area (TPSA) is 28.9 Å². The van der Waals surface area contributed by atoms with Gasteiger partial charge in [-0.15, -0.1) is 0 Å². The smallest absolute Gasteiger partial charge is 0.256 e. The lowest BCUT2D eigenvalue weighted by Crippen LogP contribution is -2.59. The van der Waals surface area contributed by atoms with Crippen molar-refractivity contribution in [3.63, 3.8) is 0 Å². The van der Waals surface area contributed by atoms with Crippen LogP contribution in [0.3, 0.4) is 0 Å². The van der Waals surface area contributed by atoms with Gasteiger partial charge in [-0.1, -0.05) is 147 Å². The maximum atomic E-state index is 7.07. The van der Waals surface area contributed by atoms with E-state index >= 15 is 0 Å². The van der Waals surface area contributed by atoms with E-state index in [1.807, 2.05) is 0 Å². The van der Waals surface area contributed by atoms with Gasteiger partial charge in [-0.2, -0.15) is 0 Å². The molecule has 0 radical (unpaired) electrons. The molecule has 0 unspecified atom stereocenters. The maximum Gasteiger partial charge on any atom is 0.256 e. The summed E-state index contributed by atoms with van der Waals surface area (Å²) >= 11 is 0. The molecule has 2 aliphatic rings. The molecule has 8 aromatic carbocycles. The Bertz CT molecular complexity index is 3250. The van der Waals surface area contributed by atoms with Crippen LogP contribution in [0.15, 0.2) is 174 Å². The van der Waals surface area contributed by atoms with Crippen molar-refractivity contribution in [1.82, 2.24) is 0 Å². The summed E-state index contributed by atoms with van der Waals surface area (Å²) in [6.45, 7) is 20.6. The Hall–Kier alpha value is -6.98. The van der Waals surface area contributed by atoms with E-state index in [9.17, 15) is 0 Å². The minimum absolute atomic E-state index is 0.0265. The van der Waals surface area contributed by atoms with E-state index in [1.165, 1.54) is 44.4 Å². The number of fused-ring (bicyclic) bond motifs is 7. The number of hydrogen-bond acceptors (Lipinski definition) is 4. The van der Waals surface area contributed by atoms with Crippen molar-refractivity contribution >= 4 is 79.2 Å². The minimum atomic E-state index is -0.0818. The van der Waals surface area contributed by atoms with Gasteiger partial charge in [0.05, 0.1) is 5.69 Å². The number of furan rings is 1. The van der Waals surface area contributed by atoms with Crippen LogP contribution in [0.2, 0.25) is 0 Å². The second-order valence-electron chi connectivity index (χ2n) is 21.1. The Kier molecular flexibility index (Phi) is 9.28. The van der Waals surface area contributed by atoms with Crippen LogP contribution < -0.4 is 30.9 Å². The molecule has 0 amide bonds. The molecule has 0 saturated heterocycles. The first-order chi connectivity index (χ1) is 31.1. The van der Waals surface area contributed by atoms with Crippen molar-refractivity contribution in [2.24, 2.45) is 0 Å². The molecule has 0 spiro atoms. The fourth-order valence-corrected chi connectivity index (χ4v) is 9.99. The summed E-state index contributed by atoms with van der Waals surface area (Å²) in [5, 5.41) is 2.10. The molecular formula is C60H55BN2O2. The second-order valence-corrected chi connectivity index (χ2v) is 21.1. The molecule has 65 heavy (non-hydrogen) atoms.